The molecule has 0 aliphatic rings. The van der Waals surface area contributed by atoms with Gasteiger partial charge in [-0.1, -0.05) is 11.2 Å². The molecule has 0 unspecified atom stereocenters. The lowest BCUT2D eigenvalue weighted by atomic mass is 10.1. The lowest BCUT2D eigenvalue weighted by Crippen LogP contribution is -1.83. The van der Waals surface area contributed by atoms with Crippen LogP contribution in [0.4, 0.5) is 5.69 Å². The van der Waals surface area contributed by atoms with Gasteiger partial charge in [0.2, 0.25) is 0 Å². The van der Waals surface area contributed by atoms with Gasteiger partial charge in [0.15, 0.2) is 5.76 Å². The molecule has 0 spiro atoms. The predicted molar refractivity (Wildman–Crippen MR) is 71.6 cm³/mol. The molecule has 17 heavy (non-hydrogen) atoms. The third kappa shape index (κ3) is 1.70. The van der Waals surface area contributed by atoms with E-state index in [2.05, 4.69) is 21.1 Å². The maximum absolute atomic E-state index is 5.66. The molecular weight excluding hydrogens is 280 g/mol. The minimum absolute atomic E-state index is 0.735. The van der Waals surface area contributed by atoms with Gasteiger partial charge in [0, 0.05) is 15.7 Å². The summed E-state index contributed by atoms with van der Waals surface area (Å²) in [5.41, 5.74) is 8.20. The quantitative estimate of drug-likeness (QED) is 0.692. The van der Waals surface area contributed by atoms with Crippen LogP contribution in [0.3, 0.4) is 0 Å². The standard InChI is InChI=1S/C13H9BrN2O/c14-11-3-1-2-10-12(11)16-17-13(10)8-4-6-9(15)7-5-8/h1-7H,15H2. The Hall–Kier alpha value is -1.81. The van der Waals surface area contributed by atoms with Crippen molar-refractivity contribution in [3.8, 4) is 11.3 Å². The summed E-state index contributed by atoms with van der Waals surface area (Å²) < 4.78 is 6.33. The first-order valence-corrected chi connectivity index (χ1v) is 5.95. The highest BCUT2D eigenvalue weighted by Crippen LogP contribution is 2.32. The molecule has 0 saturated carbocycles. The maximum Gasteiger partial charge on any atom is 0.174 e. The second-order valence-corrected chi connectivity index (χ2v) is 4.62. The van der Waals surface area contributed by atoms with Crippen LogP contribution in [-0.2, 0) is 0 Å². The topological polar surface area (TPSA) is 52.0 Å². The third-order valence-electron chi connectivity index (χ3n) is 2.63. The normalized spacial score (nSPS) is 10.9. The van der Waals surface area contributed by atoms with E-state index in [1.165, 1.54) is 0 Å². The van der Waals surface area contributed by atoms with Gasteiger partial charge < -0.3 is 10.3 Å². The first-order valence-electron chi connectivity index (χ1n) is 5.15. The van der Waals surface area contributed by atoms with Gasteiger partial charge in [-0.15, -0.1) is 0 Å². The molecule has 1 aromatic heterocycles. The highest BCUT2D eigenvalue weighted by Gasteiger charge is 2.11. The number of fused-ring (bicyclic) bond motifs is 1. The minimum atomic E-state index is 0.735. The fourth-order valence-corrected chi connectivity index (χ4v) is 2.21. The van der Waals surface area contributed by atoms with Crippen LogP contribution in [0.25, 0.3) is 22.2 Å². The largest absolute Gasteiger partial charge is 0.399 e. The number of nitrogens with zero attached hydrogens (tertiary/aromatic N) is 1. The van der Waals surface area contributed by atoms with Crippen molar-refractivity contribution in [2.75, 3.05) is 5.73 Å². The number of nitrogen functional groups attached to an aromatic ring is 1. The Labute approximate surface area is 106 Å². The summed E-state index contributed by atoms with van der Waals surface area (Å²) in [7, 11) is 0. The van der Waals surface area contributed by atoms with Crippen LogP contribution in [0.15, 0.2) is 51.5 Å². The Morgan fingerprint density at radius 2 is 1.82 bits per heavy atom. The van der Waals surface area contributed by atoms with E-state index in [0.717, 1.165) is 32.4 Å². The van der Waals surface area contributed by atoms with Crippen molar-refractivity contribution in [3.63, 3.8) is 0 Å². The molecule has 0 bridgehead atoms. The summed E-state index contributed by atoms with van der Waals surface area (Å²) in [6.45, 7) is 0. The maximum atomic E-state index is 5.66. The molecule has 3 nitrogen and oxygen atoms in total. The second kappa shape index (κ2) is 3.89. The Morgan fingerprint density at radius 1 is 1.06 bits per heavy atom. The molecule has 0 amide bonds. The van der Waals surface area contributed by atoms with Gasteiger partial charge in [0.1, 0.15) is 5.52 Å². The van der Waals surface area contributed by atoms with Crippen LogP contribution in [0.5, 0.6) is 0 Å². The van der Waals surface area contributed by atoms with E-state index in [9.17, 15) is 0 Å². The smallest absolute Gasteiger partial charge is 0.174 e. The van der Waals surface area contributed by atoms with Gasteiger partial charge in [-0.25, -0.2) is 0 Å². The molecule has 0 atom stereocenters. The van der Waals surface area contributed by atoms with Crippen molar-refractivity contribution >= 4 is 32.5 Å². The Kier molecular flexibility index (Phi) is 2.37. The number of anilines is 1. The van der Waals surface area contributed by atoms with E-state index < -0.39 is 0 Å². The molecule has 4 heteroatoms. The van der Waals surface area contributed by atoms with Crippen LogP contribution in [0.2, 0.25) is 0 Å². The molecule has 2 N–H and O–H groups in total. The highest BCUT2D eigenvalue weighted by atomic mass is 79.9. The number of rotatable bonds is 1. The summed E-state index contributed by atoms with van der Waals surface area (Å²) >= 11 is 3.45. The zero-order chi connectivity index (χ0) is 11.8. The van der Waals surface area contributed by atoms with Crippen molar-refractivity contribution in [2.45, 2.75) is 0 Å². The SMILES string of the molecule is Nc1ccc(-c2onc3c(Br)cccc23)cc1. The molecule has 3 rings (SSSR count). The van der Waals surface area contributed by atoms with Gasteiger partial charge in [0.05, 0.1) is 5.39 Å². The molecule has 0 fully saturated rings. The monoisotopic (exact) mass is 288 g/mol. The fourth-order valence-electron chi connectivity index (χ4n) is 1.77. The number of benzene rings is 2. The molecule has 0 saturated heterocycles. The van der Waals surface area contributed by atoms with Crippen molar-refractivity contribution in [3.05, 3.63) is 46.9 Å². The Balaban J connectivity index is 2.24. The number of hydrogen-bond donors (Lipinski definition) is 1. The van der Waals surface area contributed by atoms with E-state index >= 15 is 0 Å². The zero-order valence-electron chi connectivity index (χ0n) is 8.85. The van der Waals surface area contributed by atoms with Crippen LogP contribution >= 0.6 is 15.9 Å². The second-order valence-electron chi connectivity index (χ2n) is 3.77. The summed E-state index contributed by atoms with van der Waals surface area (Å²) in [5, 5.41) is 5.05. The summed E-state index contributed by atoms with van der Waals surface area (Å²) in [5.74, 6) is 0.765. The Morgan fingerprint density at radius 3 is 2.59 bits per heavy atom. The van der Waals surface area contributed by atoms with Crippen molar-refractivity contribution < 1.29 is 4.52 Å². The first kappa shape index (κ1) is 10.4. The highest BCUT2D eigenvalue weighted by molar-refractivity contribution is 9.10. The molecule has 1 heterocycles. The number of aromatic nitrogens is 1. The van der Waals surface area contributed by atoms with E-state index in [1.807, 2.05) is 42.5 Å². The molecule has 0 radical (unpaired) electrons. The average Bonchev–Trinajstić information content (AvgIpc) is 2.75. The van der Waals surface area contributed by atoms with E-state index in [1.54, 1.807) is 0 Å². The number of hydrogen-bond acceptors (Lipinski definition) is 3. The molecule has 3 aromatic rings. The van der Waals surface area contributed by atoms with Gasteiger partial charge in [-0.3, -0.25) is 0 Å². The molecule has 0 aliphatic heterocycles. The number of nitrogens with two attached hydrogens (primary N) is 1. The average molecular weight is 289 g/mol. The lowest BCUT2D eigenvalue weighted by Gasteiger charge is -1.97. The van der Waals surface area contributed by atoms with Crippen molar-refractivity contribution in [1.82, 2.24) is 5.16 Å². The van der Waals surface area contributed by atoms with Gasteiger partial charge in [-0.2, -0.15) is 0 Å². The van der Waals surface area contributed by atoms with Crippen LogP contribution in [-0.4, -0.2) is 5.16 Å². The van der Waals surface area contributed by atoms with Crippen LogP contribution in [0.1, 0.15) is 0 Å². The van der Waals surface area contributed by atoms with E-state index in [-0.39, 0.29) is 0 Å². The lowest BCUT2D eigenvalue weighted by molar-refractivity contribution is 0.440. The first-order chi connectivity index (χ1) is 8.25. The van der Waals surface area contributed by atoms with Gasteiger partial charge in [-0.05, 0) is 52.3 Å². The van der Waals surface area contributed by atoms with E-state index in [4.69, 9.17) is 10.3 Å². The van der Waals surface area contributed by atoms with Crippen molar-refractivity contribution in [2.24, 2.45) is 0 Å². The number of halogens is 1. The fraction of sp³-hybridized carbons (Fsp3) is 0. The van der Waals surface area contributed by atoms with Crippen LogP contribution < -0.4 is 5.73 Å². The van der Waals surface area contributed by atoms with Gasteiger partial charge in [0.25, 0.3) is 0 Å². The molecular formula is C13H9BrN2O. The predicted octanol–water partition coefficient (Wildman–Crippen LogP) is 3.84. The van der Waals surface area contributed by atoms with Crippen LogP contribution in [0, 0.1) is 0 Å². The van der Waals surface area contributed by atoms with Crippen molar-refractivity contribution in [1.29, 1.82) is 0 Å². The molecule has 0 aliphatic carbocycles. The molecule has 84 valence electrons. The molecule has 2 aromatic carbocycles. The summed E-state index contributed by atoms with van der Waals surface area (Å²) in [6, 6.07) is 13.4. The van der Waals surface area contributed by atoms with E-state index in [0.29, 0.717) is 0 Å². The summed E-state index contributed by atoms with van der Waals surface area (Å²) in [6.07, 6.45) is 0. The third-order valence-corrected chi connectivity index (χ3v) is 3.27. The van der Waals surface area contributed by atoms with Gasteiger partial charge >= 0.3 is 0 Å². The zero-order valence-corrected chi connectivity index (χ0v) is 10.4. The minimum Gasteiger partial charge on any atom is -0.399 e. The Bertz CT molecular complexity index is 673. The summed E-state index contributed by atoms with van der Waals surface area (Å²) in [4.78, 5) is 0.